The van der Waals surface area contributed by atoms with Gasteiger partial charge in [-0.1, -0.05) is 96.0 Å². The Labute approximate surface area is 288 Å². The van der Waals surface area contributed by atoms with Crippen molar-refractivity contribution < 1.29 is 14.4 Å². The van der Waals surface area contributed by atoms with Crippen LogP contribution in [0.5, 0.6) is 0 Å². The molecular weight excluding hydrogens is 649 g/mol. The van der Waals surface area contributed by atoms with Crippen LogP contribution >= 0.6 is 35.0 Å². The zero-order valence-corrected chi connectivity index (χ0v) is 27.9. The molecule has 236 valence electrons. The highest BCUT2D eigenvalue weighted by atomic mass is 35.5. The van der Waals surface area contributed by atoms with Crippen molar-refractivity contribution in [2.45, 2.75) is 24.0 Å². The van der Waals surface area contributed by atoms with Crippen LogP contribution < -0.4 is 16.0 Å². The standard InChI is InChI=1S/C38H31Cl2N3O3S/c1-24-12-9-21-33(25(24)2)42-38(46)35(26-13-5-3-6-14-26)47-29-18-10-17-28(22-29)41-37(45)34(23-30-31(39)19-11-20-32(30)40)43-36(44)27-15-7-4-8-16-27/h3-23,35H,1-2H3,(H,41,45)(H,42,46)(H,43,44)/b34-23+. The molecule has 5 aromatic rings. The van der Waals surface area contributed by atoms with Crippen molar-refractivity contribution in [3.8, 4) is 0 Å². The van der Waals surface area contributed by atoms with Crippen molar-refractivity contribution in [1.82, 2.24) is 5.32 Å². The average Bonchev–Trinajstić information content (AvgIpc) is 3.07. The maximum absolute atomic E-state index is 13.7. The molecule has 5 rings (SSSR count). The Kier molecular flexibility index (Phi) is 11.2. The Morgan fingerprint density at radius 3 is 2.06 bits per heavy atom. The predicted molar refractivity (Wildman–Crippen MR) is 193 cm³/mol. The number of hydrogen-bond donors (Lipinski definition) is 3. The lowest BCUT2D eigenvalue weighted by Crippen LogP contribution is -2.30. The van der Waals surface area contributed by atoms with Crippen molar-refractivity contribution in [1.29, 1.82) is 0 Å². The lowest BCUT2D eigenvalue weighted by atomic mass is 10.1. The van der Waals surface area contributed by atoms with Gasteiger partial charge in [0.25, 0.3) is 11.8 Å². The molecule has 0 aliphatic carbocycles. The minimum absolute atomic E-state index is 0.0537. The summed E-state index contributed by atoms with van der Waals surface area (Å²) in [6.45, 7) is 3.98. The number of thioether (sulfide) groups is 1. The van der Waals surface area contributed by atoms with Gasteiger partial charge >= 0.3 is 0 Å². The molecule has 0 bridgehead atoms. The summed E-state index contributed by atoms with van der Waals surface area (Å²) in [5, 5.41) is 8.74. The smallest absolute Gasteiger partial charge is 0.272 e. The van der Waals surface area contributed by atoms with Gasteiger partial charge in [-0.25, -0.2) is 0 Å². The molecule has 3 amide bonds. The first-order valence-electron chi connectivity index (χ1n) is 14.7. The van der Waals surface area contributed by atoms with Crippen molar-refractivity contribution in [2.24, 2.45) is 0 Å². The molecule has 1 unspecified atom stereocenters. The van der Waals surface area contributed by atoms with E-state index in [4.69, 9.17) is 23.2 Å². The molecule has 1 atom stereocenters. The lowest BCUT2D eigenvalue weighted by Gasteiger charge is -2.19. The van der Waals surface area contributed by atoms with Crippen molar-refractivity contribution in [2.75, 3.05) is 10.6 Å². The van der Waals surface area contributed by atoms with Gasteiger partial charge in [0.1, 0.15) is 10.9 Å². The van der Waals surface area contributed by atoms with Gasteiger partial charge < -0.3 is 16.0 Å². The predicted octanol–water partition coefficient (Wildman–Crippen LogP) is 9.49. The molecule has 0 saturated heterocycles. The summed E-state index contributed by atoms with van der Waals surface area (Å²) in [4.78, 5) is 41.2. The second-order valence-corrected chi connectivity index (χ2v) is 12.6. The van der Waals surface area contributed by atoms with Gasteiger partial charge in [-0.3, -0.25) is 14.4 Å². The molecule has 0 aliphatic heterocycles. The first kappa shape index (κ1) is 33.5. The van der Waals surface area contributed by atoms with Crippen LogP contribution in [-0.2, 0) is 9.59 Å². The largest absolute Gasteiger partial charge is 0.325 e. The van der Waals surface area contributed by atoms with Gasteiger partial charge in [-0.15, -0.1) is 11.8 Å². The molecule has 0 fully saturated rings. The zero-order chi connectivity index (χ0) is 33.3. The number of carbonyl (C=O) groups excluding carboxylic acids is 3. The SMILES string of the molecule is Cc1cccc(NC(=O)C(Sc2cccc(NC(=O)/C(=C\c3c(Cl)cccc3Cl)NC(=O)c3ccccc3)c2)c2ccccc2)c1C. The van der Waals surface area contributed by atoms with Gasteiger partial charge in [0, 0.05) is 37.4 Å². The van der Waals surface area contributed by atoms with E-state index >= 15 is 0 Å². The third-order valence-corrected chi connectivity index (χ3v) is 9.27. The van der Waals surface area contributed by atoms with Crippen LogP contribution in [0.15, 0.2) is 132 Å². The van der Waals surface area contributed by atoms with Crippen LogP contribution in [0.4, 0.5) is 11.4 Å². The minimum atomic E-state index is -0.584. The molecule has 47 heavy (non-hydrogen) atoms. The van der Waals surface area contributed by atoms with E-state index in [1.54, 1.807) is 66.7 Å². The summed E-state index contributed by atoms with van der Waals surface area (Å²) in [7, 11) is 0. The van der Waals surface area contributed by atoms with E-state index in [1.165, 1.54) is 17.8 Å². The molecule has 3 N–H and O–H groups in total. The fraction of sp³-hybridized carbons (Fsp3) is 0.0789. The van der Waals surface area contributed by atoms with E-state index in [9.17, 15) is 14.4 Å². The Morgan fingerprint density at radius 1 is 0.723 bits per heavy atom. The van der Waals surface area contributed by atoms with Gasteiger partial charge in [0.2, 0.25) is 5.91 Å². The van der Waals surface area contributed by atoms with Crippen LogP contribution in [0.2, 0.25) is 10.0 Å². The van der Waals surface area contributed by atoms with Crippen LogP contribution in [-0.4, -0.2) is 17.7 Å². The molecule has 9 heteroatoms. The molecule has 0 aliphatic rings. The number of rotatable bonds is 10. The topological polar surface area (TPSA) is 87.3 Å². The van der Waals surface area contributed by atoms with Crippen molar-refractivity contribution >= 4 is 70.1 Å². The third kappa shape index (κ3) is 8.71. The highest BCUT2D eigenvalue weighted by Gasteiger charge is 2.23. The number of benzene rings is 5. The molecule has 0 heterocycles. The zero-order valence-electron chi connectivity index (χ0n) is 25.6. The number of amides is 3. The minimum Gasteiger partial charge on any atom is -0.325 e. The van der Waals surface area contributed by atoms with Gasteiger partial charge in [-0.2, -0.15) is 0 Å². The fourth-order valence-corrected chi connectivity index (χ4v) is 6.29. The number of carbonyl (C=O) groups is 3. The van der Waals surface area contributed by atoms with Crippen molar-refractivity contribution in [3.05, 3.63) is 165 Å². The number of nitrogens with one attached hydrogen (secondary N) is 3. The lowest BCUT2D eigenvalue weighted by molar-refractivity contribution is -0.116. The maximum atomic E-state index is 13.7. The van der Waals surface area contributed by atoms with Crippen LogP contribution in [0.1, 0.15) is 37.9 Å². The van der Waals surface area contributed by atoms with Crippen LogP contribution in [0, 0.1) is 13.8 Å². The summed E-state index contributed by atoms with van der Waals surface area (Å²) in [5.41, 5.74) is 4.85. The summed E-state index contributed by atoms with van der Waals surface area (Å²) in [5.74, 6) is -1.23. The number of anilines is 2. The highest BCUT2D eigenvalue weighted by molar-refractivity contribution is 8.00. The van der Waals surface area contributed by atoms with E-state index in [1.807, 2.05) is 68.4 Å². The monoisotopic (exact) mass is 679 g/mol. The highest BCUT2D eigenvalue weighted by Crippen LogP contribution is 2.37. The molecule has 0 aromatic heterocycles. The van der Waals surface area contributed by atoms with E-state index < -0.39 is 17.1 Å². The molecular formula is C38H31Cl2N3O3S. The Hall–Kier alpha value is -4.82. The maximum Gasteiger partial charge on any atom is 0.272 e. The molecule has 6 nitrogen and oxygen atoms in total. The molecule has 5 aromatic carbocycles. The van der Waals surface area contributed by atoms with E-state index in [-0.39, 0.29) is 11.6 Å². The van der Waals surface area contributed by atoms with Crippen LogP contribution in [0.3, 0.4) is 0 Å². The summed E-state index contributed by atoms with van der Waals surface area (Å²) in [6.07, 6.45) is 1.45. The van der Waals surface area contributed by atoms with Gasteiger partial charge in [0.15, 0.2) is 0 Å². The number of halogens is 2. The van der Waals surface area contributed by atoms with Gasteiger partial charge in [0.05, 0.1) is 0 Å². The quantitative estimate of drug-likeness (QED) is 0.101. The Balaban J connectivity index is 1.41. The van der Waals surface area contributed by atoms with E-state index in [0.717, 1.165) is 27.3 Å². The summed E-state index contributed by atoms with van der Waals surface area (Å²) < 4.78 is 0. The normalized spacial score (nSPS) is 11.8. The van der Waals surface area contributed by atoms with Crippen LogP contribution in [0.25, 0.3) is 6.08 Å². The number of hydrogen-bond acceptors (Lipinski definition) is 4. The Bertz CT molecular complexity index is 1930. The first-order valence-corrected chi connectivity index (χ1v) is 16.4. The number of aryl methyl sites for hydroxylation is 1. The molecule has 0 spiro atoms. The second-order valence-electron chi connectivity index (χ2n) is 10.6. The van der Waals surface area contributed by atoms with E-state index in [0.29, 0.717) is 26.9 Å². The van der Waals surface area contributed by atoms with E-state index in [2.05, 4.69) is 16.0 Å². The first-order chi connectivity index (χ1) is 22.7. The van der Waals surface area contributed by atoms with Gasteiger partial charge in [-0.05, 0) is 85.1 Å². The Morgan fingerprint density at radius 2 is 1.36 bits per heavy atom. The fourth-order valence-electron chi connectivity index (χ4n) is 4.70. The second kappa shape index (κ2) is 15.6. The molecule has 0 saturated carbocycles. The summed E-state index contributed by atoms with van der Waals surface area (Å²) >= 11 is 14.2. The molecule has 0 radical (unpaired) electrons. The average molecular weight is 681 g/mol. The summed E-state index contributed by atoms with van der Waals surface area (Å²) in [6, 6.07) is 36.1. The third-order valence-electron chi connectivity index (χ3n) is 7.37. The van der Waals surface area contributed by atoms with Crippen molar-refractivity contribution in [3.63, 3.8) is 0 Å².